The molecule has 108 valence electrons. The lowest BCUT2D eigenvalue weighted by atomic mass is 9.77. The summed E-state index contributed by atoms with van der Waals surface area (Å²) in [6.45, 7) is 0.565. The first-order valence-corrected chi connectivity index (χ1v) is 7.88. The molecule has 0 saturated heterocycles. The number of hydrogen-bond donors (Lipinski definition) is 2. The molecule has 1 aromatic rings. The highest BCUT2D eigenvalue weighted by molar-refractivity contribution is 7.07. The van der Waals surface area contributed by atoms with Crippen LogP contribution >= 0.6 is 11.3 Å². The Balaban J connectivity index is 1.68. The van der Waals surface area contributed by atoms with Crippen molar-refractivity contribution < 1.29 is 14.7 Å². The highest BCUT2D eigenvalue weighted by Crippen LogP contribution is 2.34. The number of carboxylic acid groups (broad SMARTS) is 1. The summed E-state index contributed by atoms with van der Waals surface area (Å²) in [5.74, 6) is -0.914. The second kappa shape index (κ2) is 5.09. The Labute approximate surface area is 121 Å². The van der Waals surface area contributed by atoms with Crippen LogP contribution in [0, 0.1) is 0 Å². The van der Waals surface area contributed by atoms with E-state index in [9.17, 15) is 14.7 Å². The van der Waals surface area contributed by atoms with Gasteiger partial charge in [0.05, 0.1) is 0 Å². The van der Waals surface area contributed by atoms with Crippen molar-refractivity contribution in [2.75, 3.05) is 0 Å². The molecule has 2 fully saturated rings. The molecule has 5 nitrogen and oxygen atoms in total. The summed E-state index contributed by atoms with van der Waals surface area (Å²) in [5, 5.41) is 16.1. The van der Waals surface area contributed by atoms with Gasteiger partial charge in [-0.3, -0.25) is 0 Å². The number of urea groups is 1. The fraction of sp³-hybridized carbons (Fsp3) is 0.571. The molecule has 0 spiro atoms. The summed E-state index contributed by atoms with van der Waals surface area (Å²) >= 11 is 1.61. The second-order valence-corrected chi connectivity index (χ2v) is 6.44. The molecule has 0 aromatic carbocycles. The van der Waals surface area contributed by atoms with Gasteiger partial charge in [-0.05, 0) is 54.5 Å². The molecule has 0 bridgehead atoms. The third kappa shape index (κ3) is 2.52. The number of carbonyl (C=O) groups excluding carboxylic acids is 1. The van der Waals surface area contributed by atoms with Gasteiger partial charge in [-0.25, -0.2) is 9.59 Å². The molecule has 1 aromatic heterocycles. The van der Waals surface area contributed by atoms with E-state index < -0.39 is 11.5 Å². The zero-order valence-electron chi connectivity index (χ0n) is 11.2. The van der Waals surface area contributed by atoms with Crippen molar-refractivity contribution in [3.8, 4) is 0 Å². The zero-order chi connectivity index (χ0) is 14.2. The number of nitrogens with zero attached hydrogens (tertiary/aromatic N) is 1. The molecular formula is C14H18N2O3S. The number of thiophene rings is 1. The standard InChI is InChI=1S/C14H18N2O3S/c17-12(18)14(5-1-6-14)15-13(19)16(11-2-3-11)8-10-4-7-20-9-10/h4,7,9,11H,1-3,5-6,8H2,(H,15,19)(H,17,18). The van der Waals surface area contributed by atoms with E-state index in [2.05, 4.69) is 5.32 Å². The molecule has 2 amide bonds. The van der Waals surface area contributed by atoms with Crippen LogP contribution in [0.3, 0.4) is 0 Å². The van der Waals surface area contributed by atoms with Crippen molar-refractivity contribution in [3.05, 3.63) is 22.4 Å². The molecule has 0 aliphatic heterocycles. The van der Waals surface area contributed by atoms with Gasteiger partial charge in [-0.1, -0.05) is 0 Å². The van der Waals surface area contributed by atoms with Gasteiger partial charge < -0.3 is 15.3 Å². The molecule has 0 unspecified atom stereocenters. The minimum atomic E-state index is -1.03. The van der Waals surface area contributed by atoms with Crippen molar-refractivity contribution >= 4 is 23.3 Å². The number of carboxylic acids is 1. The van der Waals surface area contributed by atoms with E-state index in [0.717, 1.165) is 24.8 Å². The molecular weight excluding hydrogens is 276 g/mol. The van der Waals surface area contributed by atoms with Crippen molar-refractivity contribution in [1.82, 2.24) is 10.2 Å². The topological polar surface area (TPSA) is 69.6 Å². The van der Waals surface area contributed by atoms with Crippen molar-refractivity contribution in [2.24, 2.45) is 0 Å². The maximum absolute atomic E-state index is 12.4. The van der Waals surface area contributed by atoms with Crippen molar-refractivity contribution in [2.45, 2.75) is 50.2 Å². The largest absolute Gasteiger partial charge is 0.480 e. The van der Waals surface area contributed by atoms with Gasteiger partial charge in [0, 0.05) is 12.6 Å². The van der Waals surface area contributed by atoms with Gasteiger partial charge in [0.15, 0.2) is 0 Å². The van der Waals surface area contributed by atoms with E-state index in [1.807, 2.05) is 16.8 Å². The summed E-state index contributed by atoms with van der Waals surface area (Å²) in [6, 6.07) is 2.03. The SMILES string of the molecule is O=C(NC1(C(=O)O)CCC1)N(Cc1ccsc1)C1CC1. The Kier molecular flexibility index (Phi) is 3.41. The van der Waals surface area contributed by atoms with E-state index in [-0.39, 0.29) is 12.1 Å². The predicted molar refractivity (Wildman–Crippen MR) is 75.6 cm³/mol. The monoisotopic (exact) mass is 294 g/mol. The highest BCUT2D eigenvalue weighted by Gasteiger charge is 2.47. The molecule has 6 heteroatoms. The van der Waals surface area contributed by atoms with Crippen LogP contribution in [0.5, 0.6) is 0 Å². The van der Waals surface area contributed by atoms with E-state index in [4.69, 9.17) is 0 Å². The predicted octanol–water partition coefficient (Wildman–Crippen LogP) is 2.43. The van der Waals surface area contributed by atoms with Gasteiger partial charge in [0.25, 0.3) is 0 Å². The molecule has 1 heterocycles. The number of hydrogen-bond acceptors (Lipinski definition) is 3. The van der Waals surface area contributed by atoms with Crippen LogP contribution in [-0.4, -0.2) is 33.6 Å². The maximum atomic E-state index is 12.4. The van der Waals surface area contributed by atoms with Crippen LogP contribution in [-0.2, 0) is 11.3 Å². The van der Waals surface area contributed by atoms with Crippen molar-refractivity contribution in [1.29, 1.82) is 0 Å². The van der Waals surface area contributed by atoms with Gasteiger partial charge in [-0.15, -0.1) is 0 Å². The summed E-state index contributed by atoms with van der Waals surface area (Å²) in [7, 11) is 0. The molecule has 2 aliphatic carbocycles. The second-order valence-electron chi connectivity index (χ2n) is 5.66. The Morgan fingerprint density at radius 3 is 2.65 bits per heavy atom. The minimum absolute atomic E-state index is 0.235. The third-order valence-corrected chi connectivity index (χ3v) is 4.88. The van der Waals surface area contributed by atoms with Gasteiger partial charge >= 0.3 is 12.0 Å². The lowest BCUT2D eigenvalue weighted by Crippen LogP contribution is -2.61. The van der Waals surface area contributed by atoms with E-state index in [1.165, 1.54) is 0 Å². The average Bonchev–Trinajstić information content (AvgIpc) is 3.07. The first-order valence-electron chi connectivity index (χ1n) is 6.94. The van der Waals surface area contributed by atoms with E-state index in [0.29, 0.717) is 19.4 Å². The highest BCUT2D eigenvalue weighted by atomic mass is 32.1. The summed E-state index contributed by atoms with van der Waals surface area (Å²) < 4.78 is 0. The first-order chi connectivity index (χ1) is 9.61. The maximum Gasteiger partial charge on any atom is 0.329 e. The smallest absolute Gasteiger partial charge is 0.329 e. The van der Waals surface area contributed by atoms with Gasteiger partial charge in [0.2, 0.25) is 0 Å². The quantitative estimate of drug-likeness (QED) is 0.876. The van der Waals surface area contributed by atoms with Crippen LogP contribution in [0.4, 0.5) is 4.79 Å². The fourth-order valence-corrected chi connectivity index (χ4v) is 3.19. The summed E-state index contributed by atoms with van der Waals surface area (Å²) in [6.07, 6.45) is 3.95. The summed E-state index contributed by atoms with van der Waals surface area (Å²) in [5.41, 5.74) is 0.0776. The number of rotatable bonds is 5. The lowest BCUT2D eigenvalue weighted by Gasteiger charge is -2.39. The Morgan fingerprint density at radius 1 is 1.45 bits per heavy atom. The number of nitrogens with one attached hydrogen (secondary N) is 1. The molecule has 2 saturated carbocycles. The normalized spacial score (nSPS) is 20.0. The molecule has 3 rings (SSSR count). The molecule has 0 atom stereocenters. The van der Waals surface area contributed by atoms with Crippen LogP contribution in [0.15, 0.2) is 16.8 Å². The number of amides is 2. The first kappa shape index (κ1) is 13.4. The Bertz CT molecular complexity index is 506. The van der Waals surface area contributed by atoms with Crippen LogP contribution in [0.25, 0.3) is 0 Å². The molecule has 2 aliphatic rings. The van der Waals surface area contributed by atoms with E-state index in [1.54, 1.807) is 16.2 Å². The van der Waals surface area contributed by atoms with Crippen LogP contribution in [0.2, 0.25) is 0 Å². The Morgan fingerprint density at radius 2 is 2.20 bits per heavy atom. The third-order valence-electron chi connectivity index (χ3n) is 4.14. The number of aliphatic carboxylic acids is 1. The zero-order valence-corrected chi connectivity index (χ0v) is 12.0. The molecule has 0 radical (unpaired) electrons. The number of carbonyl (C=O) groups is 2. The average molecular weight is 294 g/mol. The Hall–Kier alpha value is -1.56. The van der Waals surface area contributed by atoms with Crippen LogP contribution in [0.1, 0.15) is 37.7 Å². The minimum Gasteiger partial charge on any atom is -0.480 e. The van der Waals surface area contributed by atoms with Gasteiger partial charge in [-0.2, -0.15) is 11.3 Å². The fourth-order valence-electron chi connectivity index (χ4n) is 2.53. The van der Waals surface area contributed by atoms with Gasteiger partial charge in [0.1, 0.15) is 5.54 Å². The van der Waals surface area contributed by atoms with Crippen molar-refractivity contribution in [3.63, 3.8) is 0 Å². The summed E-state index contributed by atoms with van der Waals surface area (Å²) in [4.78, 5) is 25.5. The van der Waals surface area contributed by atoms with E-state index >= 15 is 0 Å². The molecule has 20 heavy (non-hydrogen) atoms. The lowest BCUT2D eigenvalue weighted by molar-refractivity contribution is -0.148. The van der Waals surface area contributed by atoms with Crippen LogP contribution < -0.4 is 5.32 Å². The molecule has 2 N–H and O–H groups in total.